The maximum atomic E-state index is 10.6. The monoisotopic (exact) mass is 400 g/mol. The summed E-state index contributed by atoms with van der Waals surface area (Å²) in [5.41, 5.74) is 2.53. The number of hydrogen-bond acceptors (Lipinski definition) is 5. The van der Waals surface area contributed by atoms with Gasteiger partial charge in [0.25, 0.3) is 0 Å². The second kappa shape index (κ2) is 6.50. The normalized spacial score (nSPS) is 31.5. The summed E-state index contributed by atoms with van der Waals surface area (Å²) in [6, 6.07) is 7.62. The van der Waals surface area contributed by atoms with E-state index < -0.39 is 18.0 Å². The van der Waals surface area contributed by atoms with Crippen LogP contribution in [0.25, 0.3) is 0 Å². The highest BCUT2D eigenvalue weighted by Crippen LogP contribution is 2.47. The number of halogens is 2. The molecule has 25 heavy (non-hydrogen) atoms. The molecule has 0 aliphatic carbocycles. The molecule has 2 aliphatic rings. The maximum absolute atomic E-state index is 10.6. The molecule has 1 aromatic carbocycles. The highest BCUT2D eigenvalue weighted by molar-refractivity contribution is 7.16. The topological polar surface area (TPSA) is 58.9 Å². The van der Waals surface area contributed by atoms with Crippen molar-refractivity contribution in [3.8, 4) is 0 Å². The van der Waals surface area contributed by atoms with E-state index in [1.807, 2.05) is 31.2 Å². The van der Waals surface area contributed by atoms with Crippen LogP contribution in [0.1, 0.15) is 34.9 Å². The standard InChI is InChI=1S/C18H18Cl2O4S/c1-9-4-15(21)17(22)18(24-9)13-6-10(5-12-2-3-16(20)25-12)14(19)7-11(13)8-23-18/h2-3,6-7,9,15,17,21-22H,4-5,8H2,1H3/t9-,15+,17?,18+/m1/s1. The molecule has 0 bridgehead atoms. The number of benzene rings is 1. The Balaban J connectivity index is 1.75. The number of rotatable bonds is 2. The molecule has 2 aromatic rings. The van der Waals surface area contributed by atoms with Crippen LogP contribution in [0.4, 0.5) is 0 Å². The van der Waals surface area contributed by atoms with E-state index >= 15 is 0 Å². The Bertz CT molecular complexity index is 808. The lowest BCUT2D eigenvalue weighted by molar-refractivity contribution is -0.342. The number of aliphatic hydroxyl groups is 2. The first kappa shape index (κ1) is 17.7. The third-order valence-electron chi connectivity index (χ3n) is 4.79. The van der Waals surface area contributed by atoms with Gasteiger partial charge in [0.05, 0.1) is 23.2 Å². The quantitative estimate of drug-likeness (QED) is 0.803. The van der Waals surface area contributed by atoms with Crippen LogP contribution in [0.3, 0.4) is 0 Å². The van der Waals surface area contributed by atoms with Crippen LogP contribution in [0.15, 0.2) is 24.3 Å². The number of ether oxygens (including phenoxy) is 2. The van der Waals surface area contributed by atoms with Crippen molar-refractivity contribution < 1.29 is 19.7 Å². The Kier molecular flexibility index (Phi) is 4.61. The van der Waals surface area contributed by atoms with Gasteiger partial charge in [0, 0.05) is 28.3 Å². The summed E-state index contributed by atoms with van der Waals surface area (Å²) < 4.78 is 12.6. The first-order chi connectivity index (χ1) is 11.9. The van der Waals surface area contributed by atoms with Crippen LogP contribution in [-0.4, -0.2) is 28.5 Å². The largest absolute Gasteiger partial charge is 0.390 e. The number of fused-ring (bicyclic) bond motifs is 2. The van der Waals surface area contributed by atoms with Gasteiger partial charge in [0.1, 0.15) is 6.10 Å². The predicted octanol–water partition coefficient (Wildman–Crippen LogP) is 3.86. The average Bonchev–Trinajstić information content (AvgIpc) is 3.11. The number of hydrogen-bond donors (Lipinski definition) is 2. The molecule has 0 amide bonds. The number of aliphatic hydroxyl groups excluding tert-OH is 2. The van der Waals surface area contributed by atoms with E-state index in [1.165, 1.54) is 11.3 Å². The molecule has 134 valence electrons. The van der Waals surface area contributed by atoms with Crippen molar-refractivity contribution in [2.24, 2.45) is 0 Å². The van der Waals surface area contributed by atoms with Gasteiger partial charge in [-0.25, -0.2) is 0 Å². The molecule has 1 aromatic heterocycles. The molecule has 0 radical (unpaired) electrons. The molecular formula is C18H18Cl2O4S. The van der Waals surface area contributed by atoms with Crippen LogP contribution >= 0.6 is 34.5 Å². The fourth-order valence-corrected chi connectivity index (χ4v) is 4.98. The van der Waals surface area contributed by atoms with Gasteiger partial charge in [-0.05, 0) is 42.3 Å². The predicted molar refractivity (Wildman–Crippen MR) is 97.2 cm³/mol. The van der Waals surface area contributed by atoms with Gasteiger partial charge >= 0.3 is 0 Å². The molecule has 2 N–H and O–H groups in total. The molecule has 1 spiro atoms. The van der Waals surface area contributed by atoms with Crippen LogP contribution in [0.2, 0.25) is 9.36 Å². The zero-order chi connectivity index (χ0) is 17.8. The summed E-state index contributed by atoms with van der Waals surface area (Å²) in [4.78, 5) is 1.10. The van der Waals surface area contributed by atoms with E-state index in [2.05, 4.69) is 0 Å². The summed E-state index contributed by atoms with van der Waals surface area (Å²) in [5, 5.41) is 21.5. The minimum absolute atomic E-state index is 0.223. The first-order valence-electron chi connectivity index (χ1n) is 8.13. The molecule has 1 fully saturated rings. The summed E-state index contributed by atoms with van der Waals surface area (Å²) in [7, 11) is 0. The zero-order valence-electron chi connectivity index (χ0n) is 13.5. The van der Waals surface area contributed by atoms with Crippen molar-refractivity contribution >= 4 is 34.5 Å². The summed E-state index contributed by atoms with van der Waals surface area (Å²) in [6.45, 7) is 2.15. The van der Waals surface area contributed by atoms with Crippen LogP contribution in [-0.2, 0) is 28.3 Å². The van der Waals surface area contributed by atoms with Crippen LogP contribution in [0.5, 0.6) is 0 Å². The van der Waals surface area contributed by atoms with Crippen molar-refractivity contribution in [3.63, 3.8) is 0 Å². The van der Waals surface area contributed by atoms with E-state index in [0.29, 0.717) is 17.9 Å². The molecule has 4 rings (SSSR count). The third-order valence-corrected chi connectivity index (χ3v) is 6.37. The fraction of sp³-hybridized carbons (Fsp3) is 0.444. The van der Waals surface area contributed by atoms with Gasteiger partial charge in [-0.1, -0.05) is 23.2 Å². The molecule has 1 unspecified atom stereocenters. The Hall–Kier alpha value is -0.660. The Labute approximate surface area is 159 Å². The summed E-state index contributed by atoms with van der Waals surface area (Å²) in [6.07, 6.45) is -1.26. The molecule has 2 aliphatic heterocycles. The molecule has 3 heterocycles. The maximum Gasteiger partial charge on any atom is 0.225 e. The molecule has 4 nitrogen and oxygen atoms in total. The van der Waals surface area contributed by atoms with Gasteiger partial charge in [0.15, 0.2) is 0 Å². The molecule has 7 heteroatoms. The number of thiophene rings is 1. The van der Waals surface area contributed by atoms with Crippen LogP contribution in [0, 0.1) is 0 Å². The zero-order valence-corrected chi connectivity index (χ0v) is 15.9. The van der Waals surface area contributed by atoms with Gasteiger partial charge in [-0.2, -0.15) is 0 Å². The van der Waals surface area contributed by atoms with E-state index in [4.69, 9.17) is 32.7 Å². The lowest BCUT2D eigenvalue weighted by Gasteiger charge is -2.43. The van der Waals surface area contributed by atoms with Crippen molar-refractivity contribution in [3.05, 3.63) is 55.2 Å². The highest BCUT2D eigenvalue weighted by Gasteiger charge is 2.54. The lowest BCUT2D eigenvalue weighted by atomic mass is 9.88. The minimum atomic E-state index is -1.33. The van der Waals surface area contributed by atoms with Gasteiger partial charge in [-0.3, -0.25) is 0 Å². The Morgan fingerprint density at radius 2 is 2.08 bits per heavy atom. The highest BCUT2D eigenvalue weighted by atomic mass is 35.5. The summed E-state index contributed by atoms with van der Waals surface area (Å²) in [5.74, 6) is -1.33. The summed E-state index contributed by atoms with van der Waals surface area (Å²) >= 11 is 14.0. The SMILES string of the molecule is C[C@@H]1C[C@H](O)C(O)[C@@]2(OCc3cc(Cl)c(Cc4ccc(Cl)s4)cc32)O1. The van der Waals surface area contributed by atoms with E-state index in [-0.39, 0.29) is 12.7 Å². The van der Waals surface area contributed by atoms with Crippen molar-refractivity contribution in [1.82, 2.24) is 0 Å². The van der Waals surface area contributed by atoms with Gasteiger partial charge in [0.2, 0.25) is 5.79 Å². The van der Waals surface area contributed by atoms with Crippen LogP contribution < -0.4 is 0 Å². The molecule has 1 saturated heterocycles. The van der Waals surface area contributed by atoms with Gasteiger partial charge < -0.3 is 19.7 Å². The van der Waals surface area contributed by atoms with Crippen molar-refractivity contribution in [2.75, 3.05) is 0 Å². The fourth-order valence-electron chi connectivity index (χ4n) is 3.62. The van der Waals surface area contributed by atoms with Gasteiger partial charge in [-0.15, -0.1) is 11.3 Å². The van der Waals surface area contributed by atoms with Crippen molar-refractivity contribution in [1.29, 1.82) is 0 Å². The lowest BCUT2D eigenvalue weighted by Crippen LogP contribution is -2.55. The minimum Gasteiger partial charge on any atom is -0.390 e. The molecule has 0 saturated carbocycles. The molecule has 4 atom stereocenters. The van der Waals surface area contributed by atoms with E-state index in [1.54, 1.807) is 0 Å². The van der Waals surface area contributed by atoms with E-state index in [9.17, 15) is 10.2 Å². The second-order valence-corrected chi connectivity index (χ2v) is 8.82. The first-order valence-corrected chi connectivity index (χ1v) is 9.70. The third kappa shape index (κ3) is 3.02. The molecular weight excluding hydrogens is 383 g/mol. The smallest absolute Gasteiger partial charge is 0.225 e. The average molecular weight is 401 g/mol. The van der Waals surface area contributed by atoms with E-state index in [0.717, 1.165) is 25.9 Å². The Morgan fingerprint density at radius 3 is 2.80 bits per heavy atom. The Morgan fingerprint density at radius 1 is 1.28 bits per heavy atom. The second-order valence-electron chi connectivity index (χ2n) is 6.62. The van der Waals surface area contributed by atoms with Crippen molar-refractivity contribution in [2.45, 2.75) is 50.5 Å².